The van der Waals surface area contributed by atoms with E-state index in [-0.39, 0.29) is 6.61 Å². The lowest BCUT2D eigenvalue weighted by Gasteiger charge is -2.38. The van der Waals surface area contributed by atoms with Crippen molar-refractivity contribution in [2.45, 2.75) is 45.2 Å². The number of carboxylic acid groups (broad SMARTS) is 1. The summed E-state index contributed by atoms with van der Waals surface area (Å²) in [6.07, 6.45) is 2.22. The Bertz CT molecular complexity index is 251. The lowest BCUT2D eigenvalue weighted by molar-refractivity contribution is -0.155. The van der Waals surface area contributed by atoms with Gasteiger partial charge >= 0.3 is 5.97 Å². The molecule has 1 unspecified atom stereocenters. The van der Waals surface area contributed by atoms with Gasteiger partial charge in [-0.3, -0.25) is 9.69 Å². The second kappa shape index (κ2) is 5.15. The number of carboxylic acids is 1. The highest BCUT2D eigenvalue weighted by Gasteiger charge is 2.46. The molecule has 1 rings (SSSR count). The van der Waals surface area contributed by atoms with Gasteiger partial charge in [0.05, 0.1) is 6.61 Å². The maximum atomic E-state index is 11.4. The number of rotatable bonds is 7. The van der Waals surface area contributed by atoms with Gasteiger partial charge < -0.3 is 9.84 Å². The summed E-state index contributed by atoms with van der Waals surface area (Å²) >= 11 is 0. The van der Waals surface area contributed by atoms with Crippen molar-refractivity contribution >= 4 is 5.97 Å². The molecule has 0 aliphatic heterocycles. The van der Waals surface area contributed by atoms with Gasteiger partial charge in [0, 0.05) is 19.7 Å². The van der Waals surface area contributed by atoms with Crippen LogP contribution in [0.5, 0.6) is 0 Å². The lowest BCUT2D eigenvalue weighted by Crippen LogP contribution is -2.57. The van der Waals surface area contributed by atoms with E-state index in [0.717, 1.165) is 19.4 Å². The van der Waals surface area contributed by atoms with E-state index in [9.17, 15) is 9.90 Å². The molecule has 0 bridgehead atoms. The zero-order valence-electron chi connectivity index (χ0n) is 10.7. The van der Waals surface area contributed by atoms with E-state index in [1.54, 1.807) is 14.0 Å². The molecule has 4 nitrogen and oxygen atoms in total. The zero-order valence-corrected chi connectivity index (χ0v) is 10.7. The maximum absolute atomic E-state index is 11.4. The van der Waals surface area contributed by atoms with Crippen molar-refractivity contribution in [1.29, 1.82) is 0 Å². The molecule has 0 aromatic carbocycles. The van der Waals surface area contributed by atoms with Gasteiger partial charge in [-0.25, -0.2) is 0 Å². The summed E-state index contributed by atoms with van der Waals surface area (Å²) in [6, 6.07) is 0.429. The molecule has 0 aromatic rings. The molecule has 1 fully saturated rings. The van der Waals surface area contributed by atoms with Crippen LogP contribution in [0, 0.1) is 5.92 Å². The predicted molar refractivity (Wildman–Crippen MR) is 62.5 cm³/mol. The number of aliphatic carboxylic acids is 1. The molecule has 16 heavy (non-hydrogen) atoms. The van der Waals surface area contributed by atoms with E-state index in [0.29, 0.717) is 12.0 Å². The highest BCUT2D eigenvalue weighted by atomic mass is 16.5. The Hall–Kier alpha value is -0.610. The average Bonchev–Trinajstić information content (AvgIpc) is 2.97. The molecule has 1 aliphatic rings. The average molecular weight is 229 g/mol. The third-order valence-electron chi connectivity index (χ3n) is 3.07. The Labute approximate surface area is 97.6 Å². The molecule has 0 spiro atoms. The minimum atomic E-state index is -0.889. The number of hydrogen-bond acceptors (Lipinski definition) is 3. The Balaban J connectivity index is 2.82. The highest BCUT2D eigenvalue weighted by Crippen LogP contribution is 2.34. The lowest BCUT2D eigenvalue weighted by atomic mass is 9.99. The zero-order chi connectivity index (χ0) is 12.3. The molecule has 0 radical (unpaired) electrons. The number of nitrogens with zero attached hydrogens (tertiary/aromatic N) is 1. The standard InChI is InChI=1S/C12H23NO3/c1-9(2)7-13(10-5-6-10)12(3,8-16-4)11(14)15/h9-10H,5-8H2,1-4H3,(H,14,15). The molecular weight excluding hydrogens is 206 g/mol. The van der Waals surface area contributed by atoms with Gasteiger partial charge in [0.25, 0.3) is 0 Å². The molecule has 4 heteroatoms. The molecule has 0 aromatic heterocycles. The largest absolute Gasteiger partial charge is 0.480 e. The summed E-state index contributed by atoms with van der Waals surface area (Å²) in [6.45, 7) is 7.05. The van der Waals surface area contributed by atoms with Crippen molar-refractivity contribution < 1.29 is 14.6 Å². The van der Waals surface area contributed by atoms with Gasteiger partial charge in [0.1, 0.15) is 5.54 Å². The molecule has 1 N–H and O–H groups in total. The van der Waals surface area contributed by atoms with Crippen molar-refractivity contribution in [3.05, 3.63) is 0 Å². The Morgan fingerprint density at radius 2 is 2.12 bits per heavy atom. The van der Waals surface area contributed by atoms with Crippen molar-refractivity contribution in [3.63, 3.8) is 0 Å². The van der Waals surface area contributed by atoms with Crippen LogP contribution in [0.4, 0.5) is 0 Å². The van der Waals surface area contributed by atoms with Crippen LogP contribution in [0.25, 0.3) is 0 Å². The van der Waals surface area contributed by atoms with Gasteiger partial charge in [0.15, 0.2) is 0 Å². The smallest absolute Gasteiger partial charge is 0.326 e. The second-order valence-corrected chi connectivity index (χ2v) is 5.29. The summed E-state index contributed by atoms with van der Waals surface area (Å²) in [5.74, 6) is -0.321. The number of hydrogen-bond donors (Lipinski definition) is 1. The van der Waals surface area contributed by atoms with Crippen molar-refractivity contribution in [2.24, 2.45) is 5.92 Å². The summed E-state index contributed by atoms with van der Waals surface area (Å²) in [5.41, 5.74) is -0.889. The summed E-state index contributed by atoms with van der Waals surface area (Å²) in [4.78, 5) is 13.5. The molecule has 94 valence electrons. The predicted octanol–water partition coefficient (Wildman–Crippen LogP) is 1.60. The third-order valence-corrected chi connectivity index (χ3v) is 3.07. The van der Waals surface area contributed by atoms with E-state index >= 15 is 0 Å². The van der Waals surface area contributed by atoms with Crippen LogP contribution in [0.2, 0.25) is 0 Å². The number of ether oxygens (including phenoxy) is 1. The second-order valence-electron chi connectivity index (χ2n) is 5.29. The van der Waals surface area contributed by atoms with Crippen LogP contribution in [0.3, 0.4) is 0 Å². The van der Waals surface area contributed by atoms with Crippen molar-refractivity contribution in [2.75, 3.05) is 20.3 Å². The van der Waals surface area contributed by atoms with Gasteiger partial charge in [-0.1, -0.05) is 13.8 Å². The van der Waals surface area contributed by atoms with E-state index < -0.39 is 11.5 Å². The SMILES string of the molecule is COCC(C)(C(=O)O)N(CC(C)C)C1CC1. The first-order valence-electron chi connectivity index (χ1n) is 5.91. The molecule has 0 heterocycles. The van der Waals surface area contributed by atoms with Crippen LogP contribution >= 0.6 is 0 Å². The summed E-state index contributed by atoms with van der Waals surface area (Å²) in [5, 5.41) is 9.40. The first-order chi connectivity index (χ1) is 7.41. The summed E-state index contributed by atoms with van der Waals surface area (Å²) < 4.78 is 5.09. The Morgan fingerprint density at radius 3 is 2.44 bits per heavy atom. The van der Waals surface area contributed by atoms with Crippen LogP contribution in [0.1, 0.15) is 33.6 Å². The monoisotopic (exact) mass is 229 g/mol. The fourth-order valence-electron chi connectivity index (χ4n) is 2.08. The Kier molecular flexibility index (Phi) is 4.33. The van der Waals surface area contributed by atoms with E-state index in [1.807, 2.05) is 0 Å². The molecule has 0 saturated heterocycles. The van der Waals surface area contributed by atoms with E-state index in [1.165, 1.54) is 0 Å². The minimum absolute atomic E-state index is 0.242. The maximum Gasteiger partial charge on any atom is 0.326 e. The topological polar surface area (TPSA) is 49.8 Å². The van der Waals surface area contributed by atoms with Crippen LogP contribution in [-0.2, 0) is 9.53 Å². The molecular formula is C12H23NO3. The minimum Gasteiger partial charge on any atom is -0.480 e. The first-order valence-corrected chi connectivity index (χ1v) is 5.91. The molecule has 0 amide bonds. The molecule has 1 atom stereocenters. The fraction of sp³-hybridized carbons (Fsp3) is 0.917. The normalized spacial score (nSPS) is 20.1. The fourth-order valence-corrected chi connectivity index (χ4v) is 2.08. The van der Waals surface area contributed by atoms with E-state index in [2.05, 4.69) is 18.7 Å². The number of carbonyl (C=O) groups is 1. The van der Waals surface area contributed by atoms with Crippen LogP contribution in [-0.4, -0.2) is 47.8 Å². The van der Waals surface area contributed by atoms with Gasteiger partial charge in [-0.05, 0) is 25.7 Å². The van der Waals surface area contributed by atoms with Crippen LogP contribution < -0.4 is 0 Å². The van der Waals surface area contributed by atoms with Crippen molar-refractivity contribution in [1.82, 2.24) is 4.90 Å². The quantitative estimate of drug-likeness (QED) is 0.720. The highest BCUT2D eigenvalue weighted by molar-refractivity contribution is 5.78. The molecule has 1 saturated carbocycles. The van der Waals surface area contributed by atoms with Gasteiger partial charge in [-0.15, -0.1) is 0 Å². The number of methoxy groups -OCH3 is 1. The Morgan fingerprint density at radius 1 is 1.56 bits per heavy atom. The van der Waals surface area contributed by atoms with Gasteiger partial charge in [0.2, 0.25) is 0 Å². The first kappa shape index (κ1) is 13.5. The van der Waals surface area contributed by atoms with Gasteiger partial charge in [-0.2, -0.15) is 0 Å². The van der Waals surface area contributed by atoms with Crippen molar-refractivity contribution in [3.8, 4) is 0 Å². The summed E-state index contributed by atoms with van der Waals surface area (Å²) in [7, 11) is 1.56. The van der Waals surface area contributed by atoms with E-state index in [4.69, 9.17) is 4.74 Å². The van der Waals surface area contributed by atoms with Crippen LogP contribution in [0.15, 0.2) is 0 Å². The molecule has 1 aliphatic carbocycles. The third kappa shape index (κ3) is 2.95.